The van der Waals surface area contributed by atoms with E-state index in [0.29, 0.717) is 46.5 Å². The fourth-order valence-electron chi connectivity index (χ4n) is 4.59. The highest BCUT2D eigenvalue weighted by Gasteiger charge is 2.25. The summed E-state index contributed by atoms with van der Waals surface area (Å²) in [6.07, 6.45) is 9.07. The van der Waals surface area contributed by atoms with Gasteiger partial charge in [-0.2, -0.15) is 5.10 Å². The second-order valence-corrected chi connectivity index (χ2v) is 8.43. The van der Waals surface area contributed by atoms with Crippen molar-refractivity contribution in [2.24, 2.45) is 0 Å². The van der Waals surface area contributed by atoms with Gasteiger partial charge < -0.3 is 15.5 Å². The summed E-state index contributed by atoms with van der Waals surface area (Å²) in [4.78, 5) is 30.1. The number of hydrogen-bond donors (Lipinski definition) is 2. The average molecular weight is 454 g/mol. The highest BCUT2D eigenvalue weighted by molar-refractivity contribution is 6.04. The molecule has 1 aromatic carbocycles. The van der Waals surface area contributed by atoms with E-state index in [1.165, 1.54) is 25.6 Å². The number of amides is 1. The molecule has 10 nitrogen and oxygen atoms in total. The van der Waals surface area contributed by atoms with Gasteiger partial charge in [0.2, 0.25) is 0 Å². The quantitative estimate of drug-likeness (QED) is 0.410. The summed E-state index contributed by atoms with van der Waals surface area (Å²) in [6.45, 7) is 0.322. The number of fused-ring (bicyclic) bond motifs is 2. The first-order chi connectivity index (χ1) is 16.7. The minimum atomic E-state index is -0.227. The molecule has 1 amide bonds. The van der Waals surface area contributed by atoms with Crippen LogP contribution in [-0.4, -0.2) is 35.6 Å². The van der Waals surface area contributed by atoms with Gasteiger partial charge in [0.05, 0.1) is 22.7 Å². The van der Waals surface area contributed by atoms with Gasteiger partial charge in [0.15, 0.2) is 17.6 Å². The molecule has 0 saturated heterocycles. The molecule has 3 N–H and O–H groups in total. The van der Waals surface area contributed by atoms with Gasteiger partial charge in [-0.25, -0.2) is 19.6 Å². The summed E-state index contributed by atoms with van der Waals surface area (Å²) in [5.41, 5.74) is 10.8. The summed E-state index contributed by atoms with van der Waals surface area (Å²) >= 11 is 0. The van der Waals surface area contributed by atoms with Gasteiger partial charge in [0.1, 0.15) is 23.4 Å². The Bertz CT molecular complexity index is 1500. The Morgan fingerprint density at radius 1 is 1.12 bits per heavy atom. The summed E-state index contributed by atoms with van der Waals surface area (Å²) in [7, 11) is 0. The zero-order valence-electron chi connectivity index (χ0n) is 18.3. The van der Waals surface area contributed by atoms with Crippen molar-refractivity contribution in [3.63, 3.8) is 0 Å². The number of rotatable bonds is 5. The molecule has 0 unspecified atom stereocenters. The van der Waals surface area contributed by atoms with E-state index in [9.17, 15) is 4.79 Å². The predicted octanol–water partition coefficient (Wildman–Crippen LogP) is 3.66. The molecule has 0 spiro atoms. The van der Waals surface area contributed by atoms with Crippen molar-refractivity contribution >= 4 is 33.9 Å². The van der Waals surface area contributed by atoms with Crippen molar-refractivity contribution in [1.82, 2.24) is 35.0 Å². The highest BCUT2D eigenvalue weighted by Crippen LogP contribution is 2.35. The van der Waals surface area contributed by atoms with E-state index in [-0.39, 0.29) is 5.91 Å². The molecule has 0 radical (unpaired) electrons. The number of para-hydroxylation sites is 1. The number of nitrogens with one attached hydrogen (secondary N) is 1. The molecule has 34 heavy (non-hydrogen) atoms. The SMILES string of the molecule is Nc1ncnc2c1c(-c1ccc(CNC(=O)c3cccc4ocnc34)cn1)nn2C1CCCC1. The third-order valence-corrected chi connectivity index (χ3v) is 6.31. The van der Waals surface area contributed by atoms with Crippen LogP contribution in [0.3, 0.4) is 0 Å². The second kappa shape index (κ2) is 8.22. The Morgan fingerprint density at radius 2 is 2.00 bits per heavy atom. The number of aromatic nitrogens is 6. The van der Waals surface area contributed by atoms with Crippen LogP contribution in [0.25, 0.3) is 33.5 Å². The van der Waals surface area contributed by atoms with Gasteiger partial charge in [-0.1, -0.05) is 25.0 Å². The third kappa shape index (κ3) is 3.43. The molecule has 170 valence electrons. The Labute approximate surface area is 194 Å². The van der Waals surface area contributed by atoms with Crippen LogP contribution in [0.2, 0.25) is 0 Å². The maximum absolute atomic E-state index is 12.7. The van der Waals surface area contributed by atoms with Crippen LogP contribution in [0.1, 0.15) is 47.6 Å². The molecular formula is C24H22N8O2. The first-order valence-electron chi connectivity index (χ1n) is 11.2. The highest BCUT2D eigenvalue weighted by atomic mass is 16.3. The van der Waals surface area contributed by atoms with Crippen LogP contribution in [0, 0.1) is 0 Å². The van der Waals surface area contributed by atoms with E-state index in [1.54, 1.807) is 24.4 Å². The lowest BCUT2D eigenvalue weighted by Gasteiger charge is -2.10. The molecule has 1 fully saturated rings. The van der Waals surface area contributed by atoms with E-state index in [4.69, 9.17) is 15.2 Å². The van der Waals surface area contributed by atoms with Crippen molar-refractivity contribution in [2.45, 2.75) is 38.3 Å². The molecule has 0 aliphatic heterocycles. The van der Waals surface area contributed by atoms with Crippen molar-refractivity contribution in [1.29, 1.82) is 0 Å². The van der Waals surface area contributed by atoms with Gasteiger partial charge in [-0.15, -0.1) is 0 Å². The molecule has 4 heterocycles. The smallest absolute Gasteiger partial charge is 0.253 e. The number of pyridine rings is 1. The van der Waals surface area contributed by atoms with E-state index in [1.807, 2.05) is 16.8 Å². The fraction of sp³-hybridized carbons (Fsp3) is 0.250. The van der Waals surface area contributed by atoms with Crippen LogP contribution in [-0.2, 0) is 6.54 Å². The lowest BCUT2D eigenvalue weighted by atomic mass is 10.1. The molecule has 0 bridgehead atoms. The van der Waals surface area contributed by atoms with Crippen molar-refractivity contribution < 1.29 is 9.21 Å². The Morgan fingerprint density at radius 3 is 2.82 bits per heavy atom. The fourth-order valence-corrected chi connectivity index (χ4v) is 4.59. The minimum Gasteiger partial charge on any atom is -0.443 e. The number of oxazole rings is 1. The number of anilines is 1. The predicted molar refractivity (Wildman–Crippen MR) is 126 cm³/mol. The lowest BCUT2D eigenvalue weighted by Crippen LogP contribution is -2.23. The molecule has 1 saturated carbocycles. The average Bonchev–Trinajstić information content (AvgIpc) is 3.62. The van der Waals surface area contributed by atoms with Gasteiger partial charge in [0, 0.05) is 12.7 Å². The number of nitrogens with two attached hydrogens (primary N) is 1. The summed E-state index contributed by atoms with van der Waals surface area (Å²) in [6, 6.07) is 9.38. The maximum Gasteiger partial charge on any atom is 0.253 e. The molecule has 6 rings (SSSR count). The van der Waals surface area contributed by atoms with E-state index < -0.39 is 0 Å². The van der Waals surface area contributed by atoms with E-state index in [0.717, 1.165) is 29.4 Å². The zero-order chi connectivity index (χ0) is 23.1. The normalized spacial score (nSPS) is 14.2. The largest absolute Gasteiger partial charge is 0.443 e. The number of carbonyl (C=O) groups is 1. The standard InChI is InChI=1S/C24H22N8O2/c25-22-19-21(31-32(15-4-1-2-5-15)23(19)29-12-28-22)17-9-8-14(10-26-17)11-27-24(33)16-6-3-7-18-20(16)30-13-34-18/h3,6-10,12-13,15H,1-2,4-5,11H2,(H,27,33)(H2,25,28,29). The van der Waals surface area contributed by atoms with Crippen LogP contribution < -0.4 is 11.1 Å². The Balaban J connectivity index is 1.25. The van der Waals surface area contributed by atoms with Gasteiger partial charge in [0.25, 0.3) is 5.91 Å². The zero-order valence-corrected chi connectivity index (χ0v) is 18.3. The van der Waals surface area contributed by atoms with Crippen molar-refractivity contribution in [2.75, 3.05) is 5.73 Å². The molecule has 10 heteroatoms. The summed E-state index contributed by atoms with van der Waals surface area (Å²) in [5.74, 6) is 0.166. The number of carbonyl (C=O) groups excluding carboxylic acids is 1. The molecule has 1 aliphatic carbocycles. The minimum absolute atomic E-state index is 0.227. The van der Waals surface area contributed by atoms with Crippen molar-refractivity contribution in [3.8, 4) is 11.4 Å². The number of benzene rings is 1. The molecule has 4 aromatic heterocycles. The number of nitrogen functional groups attached to an aromatic ring is 1. The molecule has 1 aliphatic rings. The van der Waals surface area contributed by atoms with Gasteiger partial charge in [-0.3, -0.25) is 9.78 Å². The van der Waals surface area contributed by atoms with Crippen LogP contribution in [0.5, 0.6) is 0 Å². The topological polar surface area (TPSA) is 138 Å². The molecule has 0 atom stereocenters. The van der Waals surface area contributed by atoms with E-state index in [2.05, 4.69) is 25.3 Å². The summed E-state index contributed by atoms with van der Waals surface area (Å²) < 4.78 is 7.26. The van der Waals surface area contributed by atoms with Crippen molar-refractivity contribution in [3.05, 3.63) is 60.4 Å². The summed E-state index contributed by atoms with van der Waals surface area (Å²) in [5, 5.41) is 8.50. The maximum atomic E-state index is 12.7. The first-order valence-corrected chi connectivity index (χ1v) is 11.2. The molecule has 5 aromatic rings. The van der Waals surface area contributed by atoms with Crippen LogP contribution >= 0.6 is 0 Å². The van der Waals surface area contributed by atoms with Crippen LogP contribution in [0.15, 0.2) is 53.7 Å². The lowest BCUT2D eigenvalue weighted by molar-refractivity contribution is 0.0952. The third-order valence-electron chi connectivity index (χ3n) is 6.31. The first kappa shape index (κ1) is 20.3. The number of hydrogen-bond acceptors (Lipinski definition) is 8. The Kier molecular flexibility index (Phi) is 4.90. The van der Waals surface area contributed by atoms with Gasteiger partial charge in [-0.05, 0) is 36.6 Å². The van der Waals surface area contributed by atoms with Crippen LogP contribution in [0.4, 0.5) is 5.82 Å². The molecular weight excluding hydrogens is 432 g/mol. The second-order valence-electron chi connectivity index (χ2n) is 8.43. The van der Waals surface area contributed by atoms with Gasteiger partial charge >= 0.3 is 0 Å². The number of nitrogens with zero attached hydrogens (tertiary/aromatic N) is 6. The monoisotopic (exact) mass is 454 g/mol. The Hall–Kier alpha value is -4.34. The van der Waals surface area contributed by atoms with E-state index >= 15 is 0 Å².